The van der Waals surface area contributed by atoms with Crippen molar-refractivity contribution in [3.63, 3.8) is 0 Å². The van der Waals surface area contributed by atoms with Crippen LogP contribution >= 0.6 is 0 Å². The molecular formula is C23H24FN5O. The van der Waals surface area contributed by atoms with Gasteiger partial charge in [-0.05, 0) is 42.9 Å². The maximum atomic E-state index is 13.8. The first kappa shape index (κ1) is 20.0. The SMILES string of the molecule is CN1CCN(c2ccc(-c3cccc(NC(=O)Cc4ccccc4F)c3)nn2)CC1. The Bertz CT molecular complexity index is 1020. The largest absolute Gasteiger partial charge is 0.353 e. The zero-order valence-corrected chi connectivity index (χ0v) is 16.9. The van der Waals surface area contributed by atoms with Gasteiger partial charge in [-0.25, -0.2) is 4.39 Å². The first-order valence-corrected chi connectivity index (χ1v) is 9.99. The van der Waals surface area contributed by atoms with E-state index in [1.54, 1.807) is 24.3 Å². The summed E-state index contributed by atoms with van der Waals surface area (Å²) in [5, 5.41) is 11.6. The summed E-state index contributed by atoms with van der Waals surface area (Å²) in [5.41, 5.74) is 2.60. The lowest BCUT2D eigenvalue weighted by Gasteiger charge is -2.32. The highest BCUT2D eigenvalue weighted by Crippen LogP contribution is 2.22. The second-order valence-electron chi connectivity index (χ2n) is 7.46. The molecule has 3 aromatic rings. The van der Waals surface area contributed by atoms with Gasteiger partial charge in [0.1, 0.15) is 5.82 Å². The van der Waals surface area contributed by atoms with Crippen molar-refractivity contribution in [1.29, 1.82) is 0 Å². The number of nitrogens with one attached hydrogen (secondary N) is 1. The molecule has 4 rings (SSSR count). The van der Waals surface area contributed by atoms with E-state index >= 15 is 0 Å². The Morgan fingerprint density at radius 2 is 1.80 bits per heavy atom. The fourth-order valence-corrected chi connectivity index (χ4v) is 3.46. The van der Waals surface area contributed by atoms with Gasteiger partial charge in [0, 0.05) is 37.4 Å². The van der Waals surface area contributed by atoms with Crippen molar-refractivity contribution in [1.82, 2.24) is 15.1 Å². The van der Waals surface area contributed by atoms with Crippen molar-refractivity contribution in [2.45, 2.75) is 6.42 Å². The fourth-order valence-electron chi connectivity index (χ4n) is 3.46. The van der Waals surface area contributed by atoms with Crippen molar-refractivity contribution in [3.8, 4) is 11.3 Å². The van der Waals surface area contributed by atoms with Gasteiger partial charge in [0.05, 0.1) is 12.1 Å². The maximum absolute atomic E-state index is 13.8. The summed E-state index contributed by atoms with van der Waals surface area (Å²) in [7, 11) is 2.12. The lowest BCUT2D eigenvalue weighted by atomic mass is 10.1. The second kappa shape index (κ2) is 9.00. The molecule has 2 aromatic carbocycles. The number of likely N-dealkylation sites (N-methyl/N-ethyl adjacent to an activating group) is 1. The quantitative estimate of drug-likeness (QED) is 0.706. The number of piperazine rings is 1. The zero-order chi connectivity index (χ0) is 20.9. The number of nitrogens with zero attached hydrogens (tertiary/aromatic N) is 4. The van der Waals surface area contributed by atoms with Crippen molar-refractivity contribution in [2.24, 2.45) is 0 Å². The average molecular weight is 405 g/mol. The van der Waals surface area contributed by atoms with Crippen LogP contribution in [0.3, 0.4) is 0 Å². The monoisotopic (exact) mass is 405 g/mol. The third-order valence-corrected chi connectivity index (χ3v) is 5.23. The first-order chi connectivity index (χ1) is 14.6. The van der Waals surface area contributed by atoms with E-state index in [4.69, 9.17) is 0 Å². The van der Waals surface area contributed by atoms with Crippen LogP contribution in [0.4, 0.5) is 15.9 Å². The van der Waals surface area contributed by atoms with Gasteiger partial charge in [0.15, 0.2) is 5.82 Å². The number of aromatic nitrogens is 2. The number of benzene rings is 2. The van der Waals surface area contributed by atoms with Crippen molar-refractivity contribution >= 4 is 17.4 Å². The van der Waals surface area contributed by atoms with E-state index in [0.29, 0.717) is 11.3 Å². The number of carbonyl (C=O) groups is 1. The highest BCUT2D eigenvalue weighted by atomic mass is 19.1. The van der Waals surface area contributed by atoms with Crippen LogP contribution in [0.15, 0.2) is 60.7 Å². The van der Waals surface area contributed by atoms with Gasteiger partial charge in [0.2, 0.25) is 5.91 Å². The molecule has 0 radical (unpaired) electrons. The number of hydrogen-bond donors (Lipinski definition) is 1. The minimum Gasteiger partial charge on any atom is -0.353 e. The number of halogens is 1. The number of carbonyl (C=O) groups excluding carboxylic acids is 1. The molecule has 0 spiro atoms. The Morgan fingerprint density at radius 1 is 1.00 bits per heavy atom. The predicted octanol–water partition coefficient (Wildman–Crippen LogP) is 3.22. The van der Waals surface area contributed by atoms with Crippen LogP contribution < -0.4 is 10.2 Å². The van der Waals surface area contributed by atoms with E-state index in [0.717, 1.165) is 43.3 Å². The summed E-state index contributed by atoms with van der Waals surface area (Å²) in [6.07, 6.45) is -0.0174. The first-order valence-electron chi connectivity index (χ1n) is 9.99. The molecule has 1 fully saturated rings. The number of rotatable bonds is 5. The molecule has 2 heterocycles. The van der Waals surface area contributed by atoms with Crippen LogP contribution in [-0.4, -0.2) is 54.2 Å². The molecule has 1 amide bonds. The number of amides is 1. The number of hydrogen-bond acceptors (Lipinski definition) is 5. The molecule has 6 nitrogen and oxygen atoms in total. The van der Waals surface area contributed by atoms with Crippen LogP contribution in [0.5, 0.6) is 0 Å². The lowest BCUT2D eigenvalue weighted by Crippen LogP contribution is -2.44. The zero-order valence-electron chi connectivity index (χ0n) is 16.9. The summed E-state index contributed by atoms with van der Waals surface area (Å²) in [4.78, 5) is 16.8. The minimum atomic E-state index is -0.378. The summed E-state index contributed by atoms with van der Waals surface area (Å²) < 4.78 is 13.8. The molecule has 7 heteroatoms. The molecule has 0 aliphatic carbocycles. The Morgan fingerprint density at radius 3 is 2.53 bits per heavy atom. The second-order valence-corrected chi connectivity index (χ2v) is 7.46. The van der Waals surface area contributed by atoms with Crippen LogP contribution in [0, 0.1) is 5.82 Å². The summed E-state index contributed by atoms with van der Waals surface area (Å²) >= 11 is 0. The lowest BCUT2D eigenvalue weighted by molar-refractivity contribution is -0.115. The third-order valence-electron chi connectivity index (χ3n) is 5.23. The topological polar surface area (TPSA) is 61.4 Å². The van der Waals surface area contributed by atoms with Crippen LogP contribution in [0.25, 0.3) is 11.3 Å². The molecule has 0 saturated carbocycles. The van der Waals surface area contributed by atoms with Crippen LogP contribution in [0.1, 0.15) is 5.56 Å². The highest BCUT2D eigenvalue weighted by molar-refractivity contribution is 5.92. The van der Waals surface area contributed by atoms with E-state index in [2.05, 4.69) is 32.4 Å². The standard InChI is InChI=1S/C23H24FN5O/c1-28-11-13-29(14-12-28)22-10-9-21(26-27-22)18-6-4-7-19(15-18)25-23(30)16-17-5-2-3-8-20(17)24/h2-10,15H,11-14,16H2,1H3,(H,25,30). The van der Waals surface area contributed by atoms with Gasteiger partial charge >= 0.3 is 0 Å². The fraction of sp³-hybridized carbons (Fsp3) is 0.261. The van der Waals surface area contributed by atoms with E-state index in [-0.39, 0.29) is 18.1 Å². The molecule has 1 aliphatic heterocycles. The summed E-state index contributed by atoms with van der Waals surface area (Å²) in [5.74, 6) is 0.229. The molecule has 1 aliphatic rings. The van der Waals surface area contributed by atoms with Crippen LogP contribution in [0.2, 0.25) is 0 Å². The molecule has 30 heavy (non-hydrogen) atoms. The molecule has 1 N–H and O–H groups in total. The Balaban J connectivity index is 1.43. The molecular weight excluding hydrogens is 381 g/mol. The Hall–Kier alpha value is -3.32. The van der Waals surface area contributed by atoms with Gasteiger partial charge < -0.3 is 15.1 Å². The van der Waals surface area contributed by atoms with Crippen LogP contribution in [-0.2, 0) is 11.2 Å². The minimum absolute atomic E-state index is 0.0174. The molecule has 0 atom stereocenters. The van der Waals surface area contributed by atoms with Crippen molar-refractivity contribution < 1.29 is 9.18 Å². The molecule has 0 unspecified atom stereocenters. The summed E-state index contributed by atoms with van der Waals surface area (Å²) in [6, 6.07) is 17.6. The van der Waals surface area contributed by atoms with E-state index in [9.17, 15) is 9.18 Å². The van der Waals surface area contributed by atoms with Crippen molar-refractivity contribution in [3.05, 3.63) is 72.0 Å². The van der Waals surface area contributed by atoms with Gasteiger partial charge in [-0.3, -0.25) is 4.79 Å². The van der Waals surface area contributed by atoms with Gasteiger partial charge in [0.25, 0.3) is 0 Å². The molecule has 154 valence electrons. The van der Waals surface area contributed by atoms with Gasteiger partial charge in [-0.1, -0.05) is 30.3 Å². The smallest absolute Gasteiger partial charge is 0.228 e. The Labute approximate surface area is 175 Å². The predicted molar refractivity (Wildman–Crippen MR) is 116 cm³/mol. The molecule has 1 saturated heterocycles. The van der Waals surface area contributed by atoms with E-state index in [1.807, 2.05) is 30.3 Å². The van der Waals surface area contributed by atoms with Crippen molar-refractivity contribution in [2.75, 3.05) is 43.4 Å². The highest BCUT2D eigenvalue weighted by Gasteiger charge is 2.16. The third kappa shape index (κ3) is 4.80. The Kier molecular flexibility index (Phi) is 5.99. The number of anilines is 2. The van der Waals surface area contributed by atoms with E-state index in [1.165, 1.54) is 6.07 Å². The average Bonchev–Trinajstić information content (AvgIpc) is 2.76. The van der Waals surface area contributed by atoms with Gasteiger partial charge in [-0.2, -0.15) is 0 Å². The normalized spacial score (nSPS) is 14.5. The summed E-state index contributed by atoms with van der Waals surface area (Å²) in [6.45, 7) is 3.90. The molecule has 0 bridgehead atoms. The molecule has 1 aromatic heterocycles. The maximum Gasteiger partial charge on any atom is 0.228 e. The van der Waals surface area contributed by atoms with E-state index < -0.39 is 0 Å². The van der Waals surface area contributed by atoms with Gasteiger partial charge in [-0.15, -0.1) is 10.2 Å².